The molecule has 1 amide bonds. The van der Waals surface area contributed by atoms with E-state index in [1.54, 1.807) is 12.1 Å². The van der Waals surface area contributed by atoms with Crippen LogP contribution in [0, 0.1) is 6.92 Å². The summed E-state index contributed by atoms with van der Waals surface area (Å²) < 4.78 is 15.7. The first-order valence-electron chi connectivity index (χ1n) is 7.73. The average molecular weight is 375 g/mol. The van der Waals surface area contributed by atoms with E-state index in [0.717, 1.165) is 11.3 Å². The van der Waals surface area contributed by atoms with Gasteiger partial charge in [-0.2, -0.15) is 0 Å². The Kier molecular flexibility index (Phi) is 6.62. The van der Waals surface area contributed by atoms with Crippen molar-refractivity contribution < 1.29 is 19.0 Å². The molecule has 0 saturated heterocycles. The first-order valence-corrected chi connectivity index (χ1v) is 8.14. The molecule has 0 fully saturated rings. The number of benzene rings is 2. The molecule has 138 valence electrons. The SMILES string of the molecule is COc1cc(C(=O)NNC(=S)Nc2ccccc2C)cc(OC)c1OC. The van der Waals surface area contributed by atoms with Gasteiger partial charge in [0, 0.05) is 11.3 Å². The molecular weight excluding hydrogens is 354 g/mol. The minimum Gasteiger partial charge on any atom is -0.493 e. The fraction of sp³-hybridized carbons (Fsp3) is 0.222. The molecule has 3 N–H and O–H groups in total. The molecule has 0 aliphatic rings. The summed E-state index contributed by atoms with van der Waals surface area (Å²) in [6, 6.07) is 10.8. The third-order valence-corrected chi connectivity index (χ3v) is 3.81. The highest BCUT2D eigenvalue weighted by Crippen LogP contribution is 2.38. The number of amides is 1. The Morgan fingerprint density at radius 2 is 1.58 bits per heavy atom. The lowest BCUT2D eigenvalue weighted by molar-refractivity contribution is 0.0943. The van der Waals surface area contributed by atoms with Crippen LogP contribution in [0.1, 0.15) is 15.9 Å². The lowest BCUT2D eigenvalue weighted by Gasteiger charge is -2.15. The Labute approximate surface area is 157 Å². The number of thiocarbonyl (C=S) groups is 1. The Morgan fingerprint density at radius 1 is 0.962 bits per heavy atom. The Hall–Kier alpha value is -3.00. The molecule has 0 radical (unpaired) electrons. The predicted octanol–water partition coefficient (Wildman–Crippen LogP) is 2.65. The molecule has 0 aromatic heterocycles. The lowest BCUT2D eigenvalue weighted by atomic mass is 10.1. The number of para-hydroxylation sites is 1. The number of methoxy groups -OCH3 is 3. The van der Waals surface area contributed by atoms with Crippen LogP contribution in [-0.2, 0) is 0 Å². The smallest absolute Gasteiger partial charge is 0.269 e. The second-order valence-corrected chi connectivity index (χ2v) is 5.67. The van der Waals surface area contributed by atoms with E-state index < -0.39 is 5.91 Å². The number of carbonyl (C=O) groups is 1. The second-order valence-electron chi connectivity index (χ2n) is 5.26. The van der Waals surface area contributed by atoms with Crippen molar-refractivity contribution in [2.45, 2.75) is 6.92 Å². The van der Waals surface area contributed by atoms with Crippen molar-refractivity contribution in [1.82, 2.24) is 10.9 Å². The molecule has 0 atom stereocenters. The van der Waals surface area contributed by atoms with Crippen molar-refractivity contribution >= 4 is 28.9 Å². The second kappa shape index (κ2) is 8.91. The number of hydrogen-bond donors (Lipinski definition) is 3. The van der Waals surface area contributed by atoms with Crippen molar-refractivity contribution in [3.63, 3.8) is 0 Å². The Morgan fingerprint density at radius 3 is 2.12 bits per heavy atom. The van der Waals surface area contributed by atoms with Crippen LogP contribution >= 0.6 is 12.2 Å². The monoisotopic (exact) mass is 375 g/mol. The molecule has 0 heterocycles. The maximum atomic E-state index is 12.4. The third-order valence-electron chi connectivity index (χ3n) is 3.61. The number of hydrazine groups is 1. The molecule has 0 aliphatic heterocycles. The Bertz CT molecular complexity index is 786. The van der Waals surface area contributed by atoms with Gasteiger partial charge in [0.05, 0.1) is 21.3 Å². The summed E-state index contributed by atoms with van der Waals surface area (Å²) in [7, 11) is 4.47. The maximum Gasteiger partial charge on any atom is 0.269 e. The van der Waals surface area contributed by atoms with Crippen LogP contribution in [0.15, 0.2) is 36.4 Å². The molecule has 8 heteroatoms. The highest BCUT2D eigenvalue weighted by molar-refractivity contribution is 7.80. The molecule has 0 bridgehead atoms. The summed E-state index contributed by atoms with van der Waals surface area (Å²) >= 11 is 5.19. The fourth-order valence-electron chi connectivity index (χ4n) is 2.26. The standard InChI is InChI=1S/C18H21N3O4S/c1-11-7-5-6-8-13(11)19-18(26)21-20-17(22)12-9-14(23-2)16(25-4)15(10-12)24-3/h5-10H,1-4H3,(H,20,22)(H2,19,21,26). The van der Waals surface area contributed by atoms with Gasteiger partial charge in [0.15, 0.2) is 16.6 Å². The number of aryl methyl sites for hydroxylation is 1. The van der Waals surface area contributed by atoms with E-state index in [-0.39, 0.29) is 5.11 Å². The predicted molar refractivity (Wildman–Crippen MR) is 104 cm³/mol. The van der Waals surface area contributed by atoms with Gasteiger partial charge in [0.25, 0.3) is 5.91 Å². The molecule has 26 heavy (non-hydrogen) atoms. The van der Waals surface area contributed by atoms with E-state index >= 15 is 0 Å². The van der Waals surface area contributed by atoms with Gasteiger partial charge in [-0.05, 0) is 42.9 Å². The molecular formula is C18H21N3O4S. The number of nitrogens with one attached hydrogen (secondary N) is 3. The van der Waals surface area contributed by atoms with Crippen LogP contribution in [0.2, 0.25) is 0 Å². The molecule has 0 unspecified atom stereocenters. The van der Waals surface area contributed by atoms with Crippen LogP contribution in [0.4, 0.5) is 5.69 Å². The van der Waals surface area contributed by atoms with Gasteiger partial charge in [-0.3, -0.25) is 15.6 Å². The van der Waals surface area contributed by atoms with Crippen LogP contribution < -0.4 is 30.4 Å². The highest BCUT2D eigenvalue weighted by atomic mass is 32.1. The minimum absolute atomic E-state index is 0.264. The lowest BCUT2D eigenvalue weighted by Crippen LogP contribution is -2.43. The number of anilines is 1. The molecule has 7 nitrogen and oxygen atoms in total. The zero-order valence-electron chi connectivity index (χ0n) is 15.0. The van der Waals surface area contributed by atoms with Gasteiger partial charge < -0.3 is 19.5 Å². The largest absolute Gasteiger partial charge is 0.493 e. The van der Waals surface area contributed by atoms with E-state index in [2.05, 4.69) is 16.2 Å². The van der Waals surface area contributed by atoms with E-state index in [4.69, 9.17) is 26.4 Å². The summed E-state index contributed by atoms with van der Waals surface area (Å²) in [5.74, 6) is 0.782. The van der Waals surface area contributed by atoms with Crippen molar-refractivity contribution in [3.8, 4) is 17.2 Å². The van der Waals surface area contributed by atoms with Crippen molar-refractivity contribution in [2.75, 3.05) is 26.6 Å². The number of hydrogen-bond acceptors (Lipinski definition) is 5. The number of rotatable bonds is 5. The normalized spacial score (nSPS) is 9.85. The van der Waals surface area contributed by atoms with Gasteiger partial charge in [0.1, 0.15) is 0 Å². The van der Waals surface area contributed by atoms with Gasteiger partial charge in [-0.1, -0.05) is 18.2 Å². The van der Waals surface area contributed by atoms with E-state index in [1.165, 1.54) is 21.3 Å². The van der Waals surface area contributed by atoms with Crippen LogP contribution in [0.25, 0.3) is 0 Å². The van der Waals surface area contributed by atoms with Gasteiger partial charge in [0.2, 0.25) is 5.75 Å². The first-order chi connectivity index (χ1) is 12.5. The van der Waals surface area contributed by atoms with Gasteiger partial charge in [-0.25, -0.2) is 0 Å². The molecule has 2 aromatic rings. The van der Waals surface area contributed by atoms with Crippen LogP contribution in [0.3, 0.4) is 0 Å². The van der Waals surface area contributed by atoms with E-state index in [9.17, 15) is 4.79 Å². The quantitative estimate of drug-likeness (QED) is 0.547. The number of carbonyl (C=O) groups excluding carboxylic acids is 1. The zero-order chi connectivity index (χ0) is 19.1. The molecule has 0 aliphatic carbocycles. The molecule has 0 spiro atoms. The summed E-state index contributed by atoms with van der Waals surface area (Å²) in [6.07, 6.45) is 0. The summed E-state index contributed by atoms with van der Waals surface area (Å²) in [6.45, 7) is 1.96. The van der Waals surface area contributed by atoms with Crippen LogP contribution in [-0.4, -0.2) is 32.3 Å². The molecule has 2 rings (SSSR count). The topological polar surface area (TPSA) is 80.9 Å². The van der Waals surface area contributed by atoms with Crippen molar-refractivity contribution in [1.29, 1.82) is 0 Å². The minimum atomic E-state index is -0.404. The van der Waals surface area contributed by atoms with Gasteiger partial charge >= 0.3 is 0 Å². The van der Waals surface area contributed by atoms with Crippen molar-refractivity contribution in [2.24, 2.45) is 0 Å². The Balaban J connectivity index is 2.05. The fourth-order valence-corrected chi connectivity index (χ4v) is 2.43. The number of ether oxygens (including phenoxy) is 3. The summed E-state index contributed by atoms with van der Waals surface area (Å²) in [4.78, 5) is 12.4. The first kappa shape index (κ1) is 19.3. The average Bonchev–Trinajstić information content (AvgIpc) is 2.66. The molecule has 2 aromatic carbocycles. The van der Waals surface area contributed by atoms with E-state index in [0.29, 0.717) is 22.8 Å². The van der Waals surface area contributed by atoms with E-state index in [1.807, 2.05) is 31.2 Å². The highest BCUT2D eigenvalue weighted by Gasteiger charge is 2.17. The maximum absolute atomic E-state index is 12.4. The van der Waals surface area contributed by atoms with Crippen LogP contribution in [0.5, 0.6) is 17.2 Å². The van der Waals surface area contributed by atoms with Gasteiger partial charge in [-0.15, -0.1) is 0 Å². The van der Waals surface area contributed by atoms with Crippen molar-refractivity contribution in [3.05, 3.63) is 47.5 Å². The third kappa shape index (κ3) is 4.54. The summed E-state index contributed by atoms with van der Waals surface area (Å²) in [5, 5.41) is 3.28. The molecule has 0 saturated carbocycles. The zero-order valence-corrected chi connectivity index (χ0v) is 15.8. The summed E-state index contributed by atoms with van der Waals surface area (Å²) in [5.41, 5.74) is 7.42.